The summed E-state index contributed by atoms with van der Waals surface area (Å²) in [5.74, 6) is 1.44. The first-order valence-corrected chi connectivity index (χ1v) is 12.1. The molecule has 0 radical (unpaired) electrons. The van der Waals surface area contributed by atoms with Gasteiger partial charge in [0.05, 0.1) is 6.61 Å². The molecule has 34 heavy (non-hydrogen) atoms. The average Bonchev–Trinajstić information content (AvgIpc) is 3.64. The second-order valence-electron chi connectivity index (χ2n) is 9.25. The number of aryl methyl sites for hydroxylation is 1. The van der Waals surface area contributed by atoms with Crippen LogP contribution in [-0.2, 0) is 19.3 Å². The average molecular weight is 458 g/mol. The highest BCUT2D eigenvalue weighted by Crippen LogP contribution is 2.32. The lowest BCUT2D eigenvalue weighted by Gasteiger charge is -2.24. The number of rotatable bonds is 6. The van der Waals surface area contributed by atoms with Crippen LogP contribution in [0.5, 0.6) is 5.75 Å². The lowest BCUT2D eigenvalue weighted by molar-refractivity contribution is 0.263. The van der Waals surface area contributed by atoms with Gasteiger partial charge in [-0.15, -0.1) is 10.2 Å². The fraction of sp³-hybridized carbons (Fsp3) is 0.370. The summed E-state index contributed by atoms with van der Waals surface area (Å²) in [6.45, 7) is 5.25. The molecule has 7 heteroatoms. The highest BCUT2D eigenvalue weighted by Gasteiger charge is 2.21. The Labute approximate surface area is 198 Å². The van der Waals surface area contributed by atoms with Gasteiger partial charge in [-0.25, -0.2) is 9.37 Å². The predicted octanol–water partition coefficient (Wildman–Crippen LogP) is 4.81. The van der Waals surface area contributed by atoms with Gasteiger partial charge in [0.25, 0.3) is 0 Å². The summed E-state index contributed by atoms with van der Waals surface area (Å²) >= 11 is 0. The molecule has 0 saturated carbocycles. The fourth-order valence-corrected chi connectivity index (χ4v) is 5.36. The lowest BCUT2D eigenvalue weighted by Crippen LogP contribution is -2.23. The molecule has 6 rings (SSSR count). The number of likely N-dealkylation sites (tertiary alicyclic amines) is 1. The van der Waals surface area contributed by atoms with Crippen molar-refractivity contribution >= 4 is 5.65 Å². The van der Waals surface area contributed by atoms with Gasteiger partial charge in [0.1, 0.15) is 23.7 Å². The van der Waals surface area contributed by atoms with Crippen LogP contribution in [0.2, 0.25) is 0 Å². The molecular weight excluding hydrogens is 429 g/mol. The van der Waals surface area contributed by atoms with Gasteiger partial charge in [0, 0.05) is 36.2 Å². The number of ether oxygens (including phenoxy) is 1. The van der Waals surface area contributed by atoms with E-state index in [-0.39, 0.29) is 5.82 Å². The monoisotopic (exact) mass is 457 g/mol. The van der Waals surface area contributed by atoms with E-state index < -0.39 is 0 Å². The highest BCUT2D eigenvalue weighted by atomic mass is 19.1. The van der Waals surface area contributed by atoms with Crippen LogP contribution in [0.25, 0.3) is 16.8 Å². The van der Waals surface area contributed by atoms with E-state index in [1.165, 1.54) is 37.6 Å². The summed E-state index contributed by atoms with van der Waals surface area (Å²) < 4.78 is 22.1. The van der Waals surface area contributed by atoms with Crippen LogP contribution in [-0.4, -0.2) is 44.2 Å². The van der Waals surface area contributed by atoms with E-state index in [0.717, 1.165) is 45.9 Å². The Morgan fingerprint density at radius 3 is 2.71 bits per heavy atom. The van der Waals surface area contributed by atoms with Crippen LogP contribution < -0.4 is 4.74 Å². The highest BCUT2D eigenvalue weighted by molar-refractivity contribution is 5.76. The third-order valence-electron chi connectivity index (χ3n) is 7.34. The Morgan fingerprint density at radius 1 is 1.06 bits per heavy atom. The molecule has 0 N–H and O–H groups in total. The van der Waals surface area contributed by atoms with E-state index in [9.17, 15) is 4.39 Å². The molecule has 2 aliphatic rings. The second kappa shape index (κ2) is 8.80. The zero-order chi connectivity index (χ0) is 23.1. The minimum Gasteiger partial charge on any atom is -0.493 e. The molecular formula is C27H28FN5O. The molecule has 1 unspecified atom stereocenters. The predicted molar refractivity (Wildman–Crippen MR) is 128 cm³/mol. The van der Waals surface area contributed by atoms with Gasteiger partial charge < -0.3 is 4.74 Å². The number of nitrogens with zero attached hydrogens (tertiary/aromatic N) is 5. The van der Waals surface area contributed by atoms with Crippen molar-refractivity contribution in [2.45, 2.75) is 45.1 Å². The molecule has 2 aliphatic heterocycles. The maximum absolute atomic E-state index is 14.6. The van der Waals surface area contributed by atoms with Gasteiger partial charge in [-0.2, -0.15) is 0 Å². The molecule has 1 fully saturated rings. The molecule has 174 valence electrons. The summed E-state index contributed by atoms with van der Waals surface area (Å²) in [6.07, 6.45) is 8.04. The number of hydrogen-bond acceptors (Lipinski definition) is 5. The normalized spacial score (nSPS) is 16.6. The second-order valence-corrected chi connectivity index (χ2v) is 9.25. The Balaban J connectivity index is 1.26. The zero-order valence-corrected chi connectivity index (χ0v) is 19.4. The van der Waals surface area contributed by atoms with Crippen molar-refractivity contribution in [3.63, 3.8) is 0 Å². The Morgan fingerprint density at radius 2 is 1.88 bits per heavy atom. The van der Waals surface area contributed by atoms with Crippen molar-refractivity contribution in [2.24, 2.45) is 0 Å². The largest absolute Gasteiger partial charge is 0.493 e. The molecule has 4 aromatic rings. The molecule has 0 bridgehead atoms. The van der Waals surface area contributed by atoms with Crippen LogP contribution in [0.15, 0.2) is 48.9 Å². The van der Waals surface area contributed by atoms with Gasteiger partial charge in [-0.1, -0.05) is 24.3 Å². The van der Waals surface area contributed by atoms with E-state index in [2.05, 4.69) is 46.3 Å². The Hall–Kier alpha value is -3.32. The molecule has 0 spiro atoms. The molecule has 2 aromatic carbocycles. The van der Waals surface area contributed by atoms with Crippen molar-refractivity contribution < 1.29 is 9.13 Å². The topological polar surface area (TPSA) is 55.6 Å². The SMILES string of the molecule is CC(c1ccc(-c2cnc(CCc3c(F)ccc4c3CCO4)n3cnnc23)cc1)N1CCCC1. The van der Waals surface area contributed by atoms with Gasteiger partial charge >= 0.3 is 0 Å². The minimum absolute atomic E-state index is 0.177. The summed E-state index contributed by atoms with van der Waals surface area (Å²) in [7, 11) is 0. The number of fused-ring (bicyclic) bond motifs is 2. The van der Waals surface area contributed by atoms with Crippen molar-refractivity contribution in [1.29, 1.82) is 0 Å². The number of benzene rings is 2. The Bertz CT molecular complexity index is 1330. The van der Waals surface area contributed by atoms with E-state index >= 15 is 0 Å². The first kappa shape index (κ1) is 21.2. The standard InChI is InChI=1S/C27H28FN5O/c1-18(32-13-2-3-14-32)19-4-6-20(7-5-19)23-16-29-26(33-17-30-31-27(23)33)11-8-21-22-12-15-34-25(22)10-9-24(21)28/h4-7,9-10,16-18H,2-3,8,11-15H2,1H3. The van der Waals surface area contributed by atoms with Gasteiger partial charge in [-0.3, -0.25) is 9.30 Å². The van der Waals surface area contributed by atoms with Crippen LogP contribution in [0.1, 0.15) is 48.3 Å². The maximum atomic E-state index is 14.6. The summed E-state index contributed by atoms with van der Waals surface area (Å²) in [6, 6.07) is 12.4. The maximum Gasteiger partial charge on any atom is 0.171 e. The first-order chi connectivity index (χ1) is 16.7. The van der Waals surface area contributed by atoms with Gasteiger partial charge in [-0.05, 0) is 68.1 Å². The van der Waals surface area contributed by atoms with Gasteiger partial charge in [0.2, 0.25) is 0 Å². The quantitative estimate of drug-likeness (QED) is 0.416. The molecule has 4 heterocycles. The van der Waals surface area contributed by atoms with Crippen molar-refractivity contribution in [3.8, 4) is 16.9 Å². The van der Waals surface area contributed by atoms with Crippen molar-refractivity contribution in [1.82, 2.24) is 24.5 Å². The summed E-state index contributed by atoms with van der Waals surface area (Å²) in [5, 5.41) is 8.53. The minimum atomic E-state index is -0.177. The molecule has 2 aromatic heterocycles. The van der Waals surface area contributed by atoms with E-state index in [4.69, 9.17) is 9.72 Å². The van der Waals surface area contributed by atoms with Crippen molar-refractivity contribution in [3.05, 3.63) is 77.3 Å². The third-order valence-corrected chi connectivity index (χ3v) is 7.34. The van der Waals surface area contributed by atoms with Crippen LogP contribution in [0, 0.1) is 5.82 Å². The molecule has 1 saturated heterocycles. The zero-order valence-electron chi connectivity index (χ0n) is 19.4. The molecule has 1 atom stereocenters. The van der Waals surface area contributed by atoms with E-state index in [0.29, 0.717) is 25.5 Å². The lowest BCUT2D eigenvalue weighted by atomic mass is 9.99. The summed E-state index contributed by atoms with van der Waals surface area (Å²) in [5.41, 5.74) is 5.83. The fourth-order valence-electron chi connectivity index (χ4n) is 5.36. The van der Waals surface area contributed by atoms with E-state index in [1.54, 1.807) is 12.4 Å². The van der Waals surface area contributed by atoms with Crippen LogP contribution in [0.3, 0.4) is 0 Å². The molecule has 0 aliphatic carbocycles. The first-order valence-electron chi connectivity index (χ1n) is 12.1. The smallest absolute Gasteiger partial charge is 0.171 e. The molecule has 6 nitrogen and oxygen atoms in total. The van der Waals surface area contributed by atoms with Crippen LogP contribution in [0.4, 0.5) is 4.39 Å². The van der Waals surface area contributed by atoms with Crippen LogP contribution >= 0.6 is 0 Å². The molecule has 0 amide bonds. The van der Waals surface area contributed by atoms with Gasteiger partial charge in [0.15, 0.2) is 5.65 Å². The van der Waals surface area contributed by atoms with E-state index in [1.807, 2.05) is 10.6 Å². The number of halogens is 1. The number of hydrogen-bond donors (Lipinski definition) is 0. The number of aromatic nitrogens is 4. The summed E-state index contributed by atoms with van der Waals surface area (Å²) in [4.78, 5) is 7.28. The Kier molecular flexibility index (Phi) is 5.49. The third kappa shape index (κ3) is 3.74. The van der Waals surface area contributed by atoms with Crippen molar-refractivity contribution in [2.75, 3.05) is 19.7 Å².